The monoisotopic (exact) mass is 284 g/mol. The van der Waals surface area contributed by atoms with Gasteiger partial charge in [-0.05, 0) is 43.0 Å². The number of fused-ring (bicyclic) bond motifs is 1. The van der Waals surface area contributed by atoms with Crippen LogP contribution < -0.4 is 0 Å². The number of hydrogen-bond acceptors (Lipinski definition) is 3. The number of ketones is 1. The van der Waals surface area contributed by atoms with E-state index in [9.17, 15) is 9.59 Å². The fourth-order valence-electron chi connectivity index (χ4n) is 2.54. The Morgan fingerprint density at radius 1 is 1.10 bits per heavy atom. The Bertz CT molecular complexity index is 640. The molecular formula is C18H20O3. The quantitative estimate of drug-likeness (QED) is 0.602. The molecule has 3 heteroatoms. The molecule has 2 rings (SSSR count). The van der Waals surface area contributed by atoms with Gasteiger partial charge in [0.1, 0.15) is 11.7 Å². The van der Waals surface area contributed by atoms with E-state index in [2.05, 4.69) is 18.2 Å². The fourth-order valence-corrected chi connectivity index (χ4v) is 2.54. The van der Waals surface area contributed by atoms with Crippen molar-refractivity contribution in [2.45, 2.75) is 26.7 Å². The van der Waals surface area contributed by atoms with Crippen molar-refractivity contribution in [1.82, 2.24) is 0 Å². The molecular weight excluding hydrogens is 264 g/mol. The third-order valence-corrected chi connectivity index (χ3v) is 3.64. The molecule has 1 unspecified atom stereocenters. The first-order valence-electron chi connectivity index (χ1n) is 7.27. The lowest BCUT2D eigenvalue weighted by atomic mass is 9.94. The molecule has 2 aromatic rings. The topological polar surface area (TPSA) is 43.4 Å². The first-order valence-corrected chi connectivity index (χ1v) is 7.27. The van der Waals surface area contributed by atoms with Gasteiger partial charge in [-0.15, -0.1) is 0 Å². The van der Waals surface area contributed by atoms with E-state index in [-0.39, 0.29) is 5.78 Å². The molecule has 1 atom stereocenters. The lowest BCUT2D eigenvalue weighted by Crippen LogP contribution is -2.25. The number of rotatable bonds is 6. The molecule has 0 N–H and O–H groups in total. The van der Waals surface area contributed by atoms with Crippen LogP contribution in [0.2, 0.25) is 0 Å². The predicted molar refractivity (Wildman–Crippen MR) is 83.1 cm³/mol. The Labute approximate surface area is 124 Å². The Morgan fingerprint density at radius 3 is 2.52 bits per heavy atom. The van der Waals surface area contributed by atoms with Crippen LogP contribution in [0.1, 0.15) is 25.8 Å². The number of aryl methyl sites for hydroxylation is 1. The van der Waals surface area contributed by atoms with E-state index in [0.717, 1.165) is 5.56 Å². The van der Waals surface area contributed by atoms with Gasteiger partial charge >= 0.3 is 5.97 Å². The molecule has 0 spiro atoms. The number of esters is 1. The number of carbonyl (C=O) groups excluding carboxylic acids is 2. The third kappa shape index (κ3) is 3.69. The Kier molecular flexibility index (Phi) is 5.09. The predicted octanol–water partition coefficient (Wildman–Crippen LogP) is 3.54. The van der Waals surface area contributed by atoms with Gasteiger partial charge in [-0.25, -0.2) is 0 Å². The number of ether oxygens (including phenoxy) is 1. The van der Waals surface area contributed by atoms with E-state index in [0.29, 0.717) is 19.4 Å². The molecule has 110 valence electrons. The van der Waals surface area contributed by atoms with Crippen molar-refractivity contribution in [3.05, 3.63) is 48.0 Å². The van der Waals surface area contributed by atoms with Crippen molar-refractivity contribution >= 4 is 22.5 Å². The zero-order valence-corrected chi connectivity index (χ0v) is 12.5. The molecule has 0 heterocycles. The van der Waals surface area contributed by atoms with E-state index in [1.807, 2.05) is 24.3 Å². The summed E-state index contributed by atoms with van der Waals surface area (Å²) in [4.78, 5) is 23.5. The first-order chi connectivity index (χ1) is 10.1. The number of carbonyl (C=O) groups is 2. The highest BCUT2D eigenvalue weighted by molar-refractivity contribution is 5.97. The molecule has 0 saturated carbocycles. The lowest BCUT2D eigenvalue weighted by Gasteiger charge is -2.13. The van der Waals surface area contributed by atoms with Crippen molar-refractivity contribution in [2.24, 2.45) is 5.92 Å². The van der Waals surface area contributed by atoms with Crippen molar-refractivity contribution < 1.29 is 14.3 Å². The van der Waals surface area contributed by atoms with E-state index < -0.39 is 11.9 Å². The summed E-state index contributed by atoms with van der Waals surface area (Å²) in [5, 5.41) is 2.34. The average Bonchev–Trinajstić information content (AvgIpc) is 2.47. The highest BCUT2D eigenvalue weighted by Gasteiger charge is 2.24. The molecule has 3 nitrogen and oxygen atoms in total. The van der Waals surface area contributed by atoms with Gasteiger partial charge in [-0.2, -0.15) is 0 Å². The summed E-state index contributed by atoms with van der Waals surface area (Å²) in [5.41, 5.74) is 1.16. The summed E-state index contributed by atoms with van der Waals surface area (Å²) < 4.78 is 4.98. The van der Waals surface area contributed by atoms with Crippen molar-refractivity contribution in [2.75, 3.05) is 6.61 Å². The third-order valence-electron chi connectivity index (χ3n) is 3.64. The van der Waals surface area contributed by atoms with Crippen molar-refractivity contribution in [1.29, 1.82) is 0 Å². The zero-order chi connectivity index (χ0) is 15.2. The minimum atomic E-state index is -0.663. The van der Waals surface area contributed by atoms with Crippen LogP contribution in [0.15, 0.2) is 42.5 Å². The molecule has 0 aliphatic heterocycles. The highest BCUT2D eigenvalue weighted by atomic mass is 16.5. The molecule has 0 fully saturated rings. The van der Waals surface area contributed by atoms with Crippen LogP contribution in [0.4, 0.5) is 0 Å². The van der Waals surface area contributed by atoms with Gasteiger partial charge in [0, 0.05) is 0 Å². The van der Waals surface area contributed by atoms with Gasteiger partial charge in [0.25, 0.3) is 0 Å². The van der Waals surface area contributed by atoms with Gasteiger partial charge in [-0.1, -0.05) is 42.5 Å². The summed E-state index contributed by atoms with van der Waals surface area (Å²) in [6.45, 7) is 3.50. The largest absolute Gasteiger partial charge is 0.465 e. The average molecular weight is 284 g/mol. The molecule has 0 aromatic heterocycles. The van der Waals surface area contributed by atoms with Crippen LogP contribution in [-0.4, -0.2) is 18.4 Å². The molecule has 0 aliphatic carbocycles. The summed E-state index contributed by atoms with van der Waals surface area (Å²) in [6, 6.07) is 14.2. The van der Waals surface area contributed by atoms with Crippen LogP contribution in [0.3, 0.4) is 0 Å². The zero-order valence-electron chi connectivity index (χ0n) is 12.5. The number of benzene rings is 2. The summed E-state index contributed by atoms with van der Waals surface area (Å²) in [5.74, 6) is -1.21. The van der Waals surface area contributed by atoms with Gasteiger partial charge in [0.15, 0.2) is 0 Å². The Hall–Kier alpha value is -2.16. The smallest absolute Gasteiger partial charge is 0.316 e. The standard InChI is InChI=1S/C18H20O3/c1-3-21-18(20)16(13(2)19)12-11-15-9-6-8-14-7-4-5-10-17(14)15/h4-10,16H,3,11-12H2,1-2H3. The maximum Gasteiger partial charge on any atom is 0.316 e. The van der Waals surface area contributed by atoms with E-state index >= 15 is 0 Å². The maximum absolute atomic E-state index is 11.8. The lowest BCUT2D eigenvalue weighted by molar-refractivity contribution is -0.151. The summed E-state index contributed by atoms with van der Waals surface area (Å²) in [6.07, 6.45) is 1.17. The van der Waals surface area contributed by atoms with Crippen LogP contribution in [0.25, 0.3) is 10.8 Å². The van der Waals surface area contributed by atoms with Gasteiger partial charge in [0.05, 0.1) is 6.61 Å². The second-order valence-electron chi connectivity index (χ2n) is 5.09. The van der Waals surface area contributed by atoms with E-state index in [1.165, 1.54) is 17.7 Å². The Balaban J connectivity index is 2.16. The number of hydrogen-bond donors (Lipinski definition) is 0. The Morgan fingerprint density at radius 2 is 1.81 bits per heavy atom. The molecule has 2 aromatic carbocycles. The molecule has 0 radical (unpaired) electrons. The van der Waals surface area contributed by atoms with Crippen LogP contribution >= 0.6 is 0 Å². The highest BCUT2D eigenvalue weighted by Crippen LogP contribution is 2.21. The molecule has 0 aliphatic rings. The fraction of sp³-hybridized carbons (Fsp3) is 0.333. The van der Waals surface area contributed by atoms with E-state index in [1.54, 1.807) is 6.92 Å². The second-order valence-corrected chi connectivity index (χ2v) is 5.09. The SMILES string of the molecule is CCOC(=O)C(CCc1cccc2ccccc12)C(C)=O. The van der Waals surface area contributed by atoms with Gasteiger partial charge in [0.2, 0.25) is 0 Å². The summed E-state index contributed by atoms with van der Waals surface area (Å²) >= 11 is 0. The molecule has 21 heavy (non-hydrogen) atoms. The minimum absolute atomic E-state index is 0.131. The maximum atomic E-state index is 11.8. The van der Waals surface area contributed by atoms with Gasteiger partial charge in [-0.3, -0.25) is 9.59 Å². The van der Waals surface area contributed by atoms with Crippen LogP contribution in [0.5, 0.6) is 0 Å². The van der Waals surface area contributed by atoms with Crippen molar-refractivity contribution in [3.8, 4) is 0 Å². The molecule has 0 amide bonds. The van der Waals surface area contributed by atoms with Crippen LogP contribution in [-0.2, 0) is 20.7 Å². The minimum Gasteiger partial charge on any atom is -0.465 e. The summed E-state index contributed by atoms with van der Waals surface area (Å²) in [7, 11) is 0. The second kappa shape index (κ2) is 7.02. The number of Topliss-reactive ketones (excluding diaryl/α,β-unsaturated/α-hetero) is 1. The van der Waals surface area contributed by atoms with Crippen LogP contribution in [0, 0.1) is 5.92 Å². The normalized spacial score (nSPS) is 12.1. The van der Waals surface area contributed by atoms with E-state index in [4.69, 9.17) is 4.74 Å². The molecule has 0 bridgehead atoms. The van der Waals surface area contributed by atoms with Gasteiger partial charge < -0.3 is 4.74 Å². The molecule has 0 saturated heterocycles. The van der Waals surface area contributed by atoms with Crippen molar-refractivity contribution in [3.63, 3.8) is 0 Å². The first kappa shape index (κ1) is 15.2.